The summed E-state index contributed by atoms with van der Waals surface area (Å²) in [6, 6.07) is 0. The number of aromatic nitrogens is 2. The van der Waals surface area contributed by atoms with E-state index < -0.39 is 6.10 Å². The third-order valence-electron chi connectivity index (χ3n) is 4.59. The fourth-order valence-electron chi connectivity index (χ4n) is 3.32. The first-order chi connectivity index (χ1) is 9.47. The Labute approximate surface area is 126 Å². The molecule has 0 aromatic carbocycles. The van der Waals surface area contributed by atoms with Gasteiger partial charge >= 0.3 is 0 Å². The molecule has 1 aromatic rings. The van der Waals surface area contributed by atoms with Crippen molar-refractivity contribution >= 4 is 11.6 Å². The lowest BCUT2D eigenvalue weighted by molar-refractivity contribution is -0.00157. The van der Waals surface area contributed by atoms with Crippen molar-refractivity contribution in [3.05, 3.63) is 16.9 Å². The minimum atomic E-state index is -0.558. The maximum atomic E-state index is 10.8. The molecule has 1 saturated carbocycles. The van der Waals surface area contributed by atoms with Crippen LogP contribution in [-0.2, 0) is 11.3 Å². The van der Waals surface area contributed by atoms with Gasteiger partial charge in [0.25, 0.3) is 0 Å². The Hall–Kier alpha value is -0.580. The third-order valence-corrected chi connectivity index (χ3v) is 4.88. The van der Waals surface area contributed by atoms with Crippen LogP contribution in [0.5, 0.6) is 0 Å². The summed E-state index contributed by atoms with van der Waals surface area (Å²) in [6.07, 6.45) is 5.67. The maximum Gasteiger partial charge on any atom is 0.100 e. The van der Waals surface area contributed by atoms with Gasteiger partial charge in [0.2, 0.25) is 0 Å². The lowest BCUT2D eigenvalue weighted by Crippen LogP contribution is -2.33. The summed E-state index contributed by atoms with van der Waals surface area (Å²) in [5.74, 6) is 0.228. The molecule has 5 heteroatoms. The Morgan fingerprint density at radius 1 is 1.55 bits per heavy atom. The van der Waals surface area contributed by atoms with Crippen molar-refractivity contribution in [3.63, 3.8) is 0 Å². The van der Waals surface area contributed by atoms with E-state index in [1.165, 1.54) is 12.8 Å². The first-order valence-electron chi connectivity index (χ1n) is 7.35. The van der Waals surface area contributed by atoms with E-state index in [4.69, 9.17) is 16.3 Å². The second kappa shape index (κ2) is 6.46. The quantitative estimate of drug-likeness (QED) is 0.906. The molecule has 0 saturated heterocycles. The molecule has 1 fully saturated rings. The van der Waals surface area contributed by atoms with Gasteiger partial charge in [-0.3, -0.25) is 4.68 Å². The minimum absolute atomic E-state index is 0.136. The number of halogens is 1. The van der Waals surface area contributed by atoms with Crippen molar-refractivity contribution in [2.24, 2.45) is 11.3 Å². The van der Waals surface area contributed by atoms with Crippen molar-refractivity contribution in [1.82, 2.24) is 9.78 Å². The van der Waals surface area contributed by atoms with E-state index in [1.54, 1.807) is 18.0 Å². The number of rotatable bonds is 5. The summed E-state index contributed by atoms with van der Waals surface area (Å²) in [7, 11) is 1.66. The molecule has 1 aliphatic rings. The number of hydrogen-bond donors (Lipinski definition) is 1. The zero-order chi connectivity index (χ0) is 14.8. The summed E-state index contributed by atoms with van der Waals surface area (Å²) in [5.41, 5.74) is 0.876. The van der Waals surface area contributed by atoms with Gasteiger partial charge in [-0.1, -0.05) is 38.3 Å². The molecular weight excluding hydrogens is 276 g/mol. The minimum Gasteiger partial charge on any atom is -0.386 e. The SMILES string of the molecule is COCCn1ncc(Cl)c1C(O)C1CCCCC1(C)C. The highest BCUT2D eigenvalue weighted by Gasteiger charge is 2.39. The van der Waals surface area contributed by atoms with E-state index in [-0.39, 0.29) is 11.3 Å². The highest BCUT2D eigenvalue weighted by Crippen LogP contribution is 2.47. The summed E-state index contributed by atoms with van der Waals surface area (Å²) in [4.78, 5) is 0. The number of aliphatic hydroxyl groups is 1. The number of aliphatic hydroxyl groups excluding tert-OH is 1. The lowest BCUT2D eigenvalue weighted by Gasteiger charge is -2.41. The van der Waals surface area contributed by atoms with Crippen LogP contribution in [-0.4, -0.2) is 28.6 Å². The molecule has 4 nitrogen and oxygen atoms in total. The number of ether oxygens (including phenoxy) is 1. The predicted molar refractivity (Wildman–Crippen MR) is 79.8 cm³/mol. The summed E-state index contributed by atoms with van der Waals surface area (Å²) in [5, 5.41) is 15.7. The van der Waals surface area contributed by atoms with E-state index in [0.717, 1.165) is 18.5 Å². The molecule has 1 aromatic heterocycles. The van der Waals surface area contributed by atoms with Crippen LogP contribution in [0.2, 0.25) is 5.02 Å². The second-order valence-corrected chi connectivity index (χ2v) is 6.79. The van der Waals surface area contributed by atoms with Crippen molar-refractivity contribution in [2.75, 3.05) is 13.7 Å². The van der Waals surface area contributed by atoms with Gasteiger partial charge in [0, 0.05) is 7.11 Å². The predicted octanol–water partition coefficient (Wildman–Crippen LogP) is 3.43. The second-order valence-electron chi connectivity index (χ2n) is 6.38. The van der Waals surface area contributed by atoms with Crippen LogP contribution < -0.4 is 0 Å². The molecule has 1 aliphatic carbocycles. The van der Waals surface area contributed by atoms with Crippen LogP contribution >= 0.6 is 11.6 Å². The Kier molecular flexibility index (Phi) is 5.10. The molecule has 0 bridgehead atoms. The Balaban J connectivity index is 2.23. The molecule has 1 N–H and O–H groups in total. The van der Waals surface area contributed by atoms with E-state index in [2.05, 4.69) is 18.9 Å². The largest absolute Gasteiger partial charge is 0.386 e. The van der Waals surface area contributed by atoms with Gasteiger partial charge in [0.1, 0.15) is 6.10 Å². The van der Waals surface area contributed by atoms with E-state index in [9.17, 15) is 5.11 Å². The van der Waals surface area contributed by atoms with Gasteiger partial charge in [-0.05, 0) is 24.2 Å². The average molecular weight is 301 g/mol. The zero-order valence-corrected chi connectivity index (χ0v) is 13.4. The van der Waals surface area contributed by atoms with Crippen molar-refractivity contribution in [2.45, 2.75) is 52.2 Å². The van der Waals surface area contributed by atoms with E-state index >= 15 is 0 Å². The van der Waals surface area contributed by atoms with E-state index in [0.29, 0.717) is 18.2 Å². The fourth-order valence-corrected chi connectivity index (χ4v) is 3.57. The highest BCUT2D eigenvalue weighted by atomic mass is 35.5. The standard InChI is InChI=1S/C15H25ClN2O2/c1-15(2)7-5-4-6-11(15)14(19)13-12(16)10-17-18(13)8-9-20-3/h10-11,14,19H,4-9H2,1-3H3. The van der Waals surface area contributed by atoms with Crippen molar-refractivity contribution in [3.8, 4) is 0 Å². The van der Waals surface area contributed by atoms with Gasteiger partial charge in [-0.15, -0.1) is 0 Å². The van der Waals surface area contributed by atoms with Gasteiger partial charge in [0.15, 0.2) is 0 Å². The summed E-state index contributed by atoms with van der Waals surface area (Å²) < 4.78 is 6.87. The molecule has 20 heavy (non-hydrogen) atoms. The monoisotopic (exact) mass is 300 g/mol. The molecule has 2 atom stereocenters. The Bertz CT molecular complexity index is 445. The van der Waals surface area contributed by atoms with Crippen LogP contribution in [0, 0.1) is 11.3 Å². The molecule has 1 heterocycles. The van der Waals surface area contributed by atoms with Crippen LogP contribution in [0.25, 0.3) is 0 Å². The van der Waals surface area contributed by atoms with Crippen molar-refractivity contribution in [1.29, 1.82) is 0 Å². The number of methoxy groups -OCH3 is 1. The molecule has 114 valence electrons. The van der Waals surface area contributed by atoms with Crippen LogP contribution in [0.4, 0.5) is 0 Å². The molecule has 0 aliphatic heterocycles. The van der Waals surface area contributed by atoms with Gasteiger partial charge < -0.3 is 9.84 Å². The lowest BCUT2D eigenvalue weighted by atomic mass is 9.66. The van der Waals surface area contributed by atoms with Crippen LogP contribution in [0.3, 0.4) is 0 Å². The first kappa shape index (κ1) is 15.8. The number of hydrogen-bond acceptors (Lipinski definition) is 3. The number of nitrogens with zero attached hydrogens (tertiary/aromatic N) is 2. The fraction of sp³-hybridized carbons (Fsp3) is 0.800. The zero-order valence-electron chi connectivity index (χ0n) is 12.6. The molecule has 2 rings (SSSR count). The summed E-state index contributed by atoms with van der Waals surface area (Å²) >= 11 is 6.25. The van der Waals surface area contributed by atoms with E-state index in [1.807, 2.05) is 0 Å². The Morgan fingerprint density at radius 2 is 2.30 bits per heavy atom. The Morgan fingerprint density at radius 3 is 2.95 bits per heavy atom. The van der Waals surface area contributed by atoms with Gasteiger partial charge in [-0.25, -0.2) is 0 Å². The highest BCUT2D eigenvalue weighted by molar-refractivity contribution is 6.31. The normalized spacial score (nSPS) is 23.8. The van der Waals surface area contributed by atoms with Gasteiger partial charge in [0.05, 0.1) is 30.1 Å². The first-order valence-corrected chi connectivity index (χ1v) is 7.73. The molecular formula is C15H25ClN2O2. The topological polar surface area (TPSA) is 47.3 Å². The molecule has 0 spiro atoms. The van der Waals surface area contributed by atoms with Crippen molar-refractivity contribution < 1.29 is 9.84 Å². The molecule has 0 radical (unpaired) electrons. The maximum absolute atomic E-state index is 10.8. The molecule has 2 unspecified atom stereocenters. The average Bonchev–Trinajstić information content (AvgIpc) is 2.76. The third kappa shape index (κ3) is 3.18. The molecule has 0 amide bonds. The summed E-state index contributed by atoms with van der Waals surface area (Å²) in [6.45, 7) is 5.65. The smallest absolute Gasteiger partial charge is 0.100 e. The van der Waals surface area contributed by atoms with Crippen LogP contribution in [0.1, 0.15) is 51.3 Å². The van der Waals surface area contributed by atoms with Crippen LogP contribution in [0.15, 0.2) is 6.20 Å². The van der Waals surface area contributed by atoms with Gasteiger partial charge in [-0.2, -0.15) is 5.10 Å².